The van der Waals surface area contributed by atoms with Crippen LogP contribution in [0.1, 0.15) is 49.5 Å². The van der Waals surface area contributed by atoms with Crippen LogP contribution in [0.4, 0.5) is 11.4 Å². The summed E-state index contributed by atoms with van der Waals surface area (Å²) in [6.07, 6.45) is 5.53. The molecule has 154 valence electrons. The van der Waals surface area contributed by atoms with Gasteiger partial charge in [-0.25, -0.2) is 0 Å². The van der Waals surface area contributed by atoms with Gasteiger partial charge in [0.25, 0.3) is 5.69 Å². The van der Waals surface area contributed by atoms with Gasteiger partial charge in [0, 0.05) is 49.6 Å². The van der Waals surface area contributed by atoms with Crippen LogP contribution in [-0.4, -0.2) is 36.1 Å². The lowest BCUT2D eigenvalue weighted by Gasteiger charge is -2.38. The third kappa shape index (κ3) is 4.77. The molecular weight excluding hydrogens is 366 g/mol. The molecule has 0 radical (unpaired) electrons. The molecule has 0 N–H and O–H groups in total. The normalized spacial score (nSPS) is 21.0. The first kappa shape index (κ1) is 19.9. The van der Waals surface area contributed by atoms with Gasteiger partial charge in [-0.2, -0.15) is 0 Å². The molecule has 2 aliphatic heterocycles. The summed E-state index contributed by atoms with van der Waals surface area (Å²) in [5.41, 5.74) is 3.37. The van der Waals surface area contributed by atoms with Gasteiger partial charge in [-0.3, -0.25) is 15.0 Å². The maximum absolute atomic E-state index is 11.5. The molecule has 0 spiro atoms. The van der Waals surface area contributed by atoms with E-state index in [0.29, 0.717) is 6.61 Å². The van der Waals surface area contributed by atoms with E-state index in [-0.39, 0.29) is 16.8 Å². The van der Waals surface area contributed by atoms with Crippen LogP contribution in [0.15, 0.2) is 48.5 Å². The Morgan fingerprint density at radius 2 is 1.72 bits per heavy atom. The standard InChI is InChI=1S/C23H29N3O3/c27-26(28)20-11-12-22(24-13-6-1-2-7-14-24)21(17-20)23-25(15-8-16-29-23)18-19-9-4-3-5-10-19/h3-5,9-12,17,23H,1-2,6-8,13-16,18H2/t23-/m0/s1. The van der Waals surface area contributed by atoms with Crippen molar-refractivity contribution < 1.29 is 9.66 Å². The molecule has 2 aromatic rings. The van der Waals surface area contributed by atoms with Crippen LogP contribution in [0, 0.1) is 10.1 Å². The van der Waals surface area contributed by atoms with Crippen molar-refractivity contribution in [2.75, 3.05) is 31.1 Å². The van der Waals surface area contributed by atoms with Crippen LogP contribution in [0.2, 0.25) is 0 Å². The number of nitrogens with zero attached hydrogens (tertiary/aromatic N) is 3. The molecule has 0 aromatic heterocycles. The minimum absolute atomic E-state index is 0.132. The highest BCUT2D eigenvalue weighted by Gasteiger charge is 2.30. The molecule has 4 rings (SSSR count). The smallest absolute Gasteiger partial charge is 0.270 e. The van der Waals surface area contributed by atoms with Gasteiger partial charge in [0.1, 0.15) is 6.23 Å². The summed E-state index contributed by atoms with van der Waals surface area (Å²) in [6, 6.07) is 15.6. The molecule has 2 aromatic carbocycles. The molecule has 2 heterocycles. The van der Waals surface area contributed by atoms with Crippen molar-refractivity contribution in [3.63, 3.8) is 0 Å². The lowest BCUT2D eigenvalue weighted by Crippen LogP contribution is -2.37. The first-order valence-electron chi connectivity index (χ1n) is 10.7. The van der Waals surface area contributed by atoms with E-state index in [2.05, 4.69) is 21.9 Å². The summed E-state index contributed by atoms with van der Waals surface area (Å²) in [5.74, 6) is 0. The number of rotatable bonds is 5. The predicted molar refractivity (Wildman–Crippen MR) is 114 cm³/mol. The Bertz CT molecular complexity index is 819. The van der Waals surface area contributed by atoms with Crippen molar-refractivity contribution in [1.82, 2.24) is 4.90 Å². The first-order chi connectivity index (χ1) is 14.2. The molecule has 0 saturated carbocycles. The molecule has 0 bridgehead atoms. The summed E-state index contributed by atoms with van der Waals surface area (Å²) < 4.78 is 6.22. The predicted octanol–water partition coefficient (Wildman–Crippen LogP) is 4.90. The van der Waals surface area contributed by atoms with Crippen molar-refractivity contribution in [3.05, 3.63) is 69.8 Å². The second kappa shape index (κ2) is 9.37. The number of benzene rings is 2. The Balaban J connectivity index is 1.69. The minimum Gasteiger partial charge on any atom is -0.371 e. The largest absolute Gasteiger partial charge is 0.371 e. The molecule has 0 aliphatic carbocycles. The molecular formula is C23H29N3O3. The monoisotopic (exact) mass is 395 g/mol. The van der Waals surface area contributed by atoms with E-state index in [1.54, 1.807) is 12.1 Å². The zero-order valence-electron chi connectivity index (χ0n) is 16.8. The van der Waals surface area contributed by atoms with Crippen LogP contribution in [-0.2, 0) is 11.3 Å². The number of anilines is 1. The maximum atomic E-state index is 11.5. The molecule has 29 heavy (non-hydrogen) atoms. The summed E-state index contributed by atoms with van der Waals surface area (Å²) in [5, 5.41) is 11.5. The van der Waals surface area contributed by atoms with E-state index >= 15 is 0 Å². The minimum atomic E-state index is -0.305. The second-order valence-corrected chi connectivity index (χ2v) is 7.93. The fraction of sp³-hybridized carbons (Fsp3) is 0.478. The van der Waals surface area contributed by atoms with E-state index in [1.807, 2.05) is 24.3 Å². The third-order valence-corrected chi connectivity index (χ3v) is 5.86. The Morgan fingerprint density at radius 3 is 2.45 bits per heavy atom. The molecule has 2 saturated heterocycles. The number of ether oxygens (including phenoxy) is 1. The van der Waals surface area contributed by atoms with Gasteiger partial charge in [0.15, 0.2) is 0 Å². The number of nitro groups is 1. The molecule has 1 atom stereocenters. The van der Waals surface area contributed by atoms with Gasteiger partial charge in [-0.05, 0) is 30.9 Å². The van der Waals surface area contributed by atoms with Crippen molar-refractivity contribution in [2.45, 2.75) is 44.9 Å². The highest BCUT2D eigenvalue weighted by atomic mass is 16.6. The van der Waals surface area contributed by atoms with Crippen molar-refractivity contribution >= 4 is 11.4 Å². The Hall–Kier alpha value is -2.44. The molecule has 2 aliphatic rings. The van der Waals surface area contributed by atoms with Crippen LogP contribution >= 0.6 is 0 Å². The van der Waals surface area contributed by atoms with Gasteiger partial charge in [0.2, 0.25) is 0 Å². The molecule has 6 heteroatoms. The van der Waals surface area contributed by atoms with Gasteiger partial charge in [0.05, 0.1) is 11.5 Å². The Labute approximate surface area is 172 Å². The quantitative estimate of drug-likeness (QED) is 0.532. The average Bonchev–Trinajstić information content (AvgIpc) is 3.04. The zero-order valence-corrected chi connectivity index (χ0v) is 16.8. The highest BCUT2D eigenvalue weighted by molar-refractivity contribution is 5.59. The summed E-state index contributed by atoms with van der Waals surface area (Å²) in [4.78, 5) is 15.9. The Kier molecular flexibility index (Phi) is 6.42. The number of non-ortho nitro benzene ring substituents is 1. The molecule has 0 amide bonds. The molecule has 2 fully saturated rings. The highest BCUT2D eigenvalue weighted by Crippen LogP contribution is 2.37. The molecule has 6 nitrogen and oxygen atoms in total. The van der Waals surface area contributed by atoms with Gasteiger partial charge < -0.3 is 9.64 Å². The van der Waals surface area contributed by atoms with Gasteiger partial charge >= 0.3 is 0 Å². The fourth-order valence-electron chi connectivity index (χ4n) is 4.40. The second-order valence-electron chi connectivity index (χ2n) is 7.93. The third-order valence-electron chi connectivity index (χ3n) is 5.86. The number of hydrogen-bond donors (Lipinski definition) is 0. The van der Waals surface area contributed by atoms with E-state index in [4.69, 9.17) is 4.74 Å². The van der Waals surface area contributed by atoms with Crippen LogP contribution in [0.3, 0.4) is 0 Å². The first-order valence-corrected chi connectivity index (χ1v) is 10.7. The van der Waals surface area contributed by atoms with E-state index in [0.717, 1.165) is 56.7 Å². The van der Waals surface area contributed by atoms with Crippen molar-refractivity contribution in [3.8, 4) is 0 Å². The summed E-state index contributed by atoms with van der Waals surface area (Å²) in [6.45, 7) is 4.36. The lowest BCUT2D eigenvalue weighted by molar-refractivity contribution is -0.385. The van der Waals surface area contributed by atoms with Crippen LogP contribution in [0.25, 0.3) is 0 Å². The zero-order chi connectivity index (χ0) is 20.1. The van der Waals surface area contributed by atoms with Crippen molar-refractivity contribution in [2.24, 2.45) is 0 Å². The van der Waals surface area contributed by atoms with E-state index in [1.165, 1.54) is 18.4 Å². The fourth-order valence-corrected chi connectivity index (χ4v) is 4.40. The lowest BCUT2D eigenvalue weighted by atomic mass is 10.1. The van der Waals surface area contributed by atoms with Crippen molar-refractivity contribution in [1.29, 1.82) is 0 Å². The van der Waals surface area contributed by atoms with Crippen LogP contribution in [0.5, 0.6) is 0 Å². The Morgan fingerprint density at radius 1 is 0.966 bits per heavy atom. The topological polar surface area (TPSA) is 58.9 Å². The maximum Gasteiger partial charge on any atom is 0.270 e. The van der Waals surface area contributed by atoms with Crippen LogP contribution < -0.4 is 4.90 Å². The average molecular weight is 396 g/mol. The van der Waals surface area contributed by atoms with E-state index in [9.17, 15) is 10.1 Å². The number of nitro benzene ring substituents is 1. The SMILES string of the molecule is O=[N+]([O-])c1ccc(N2CCCCCC2)c([C@@H]2OCCCN2Cc2ccccc2)c1. The van der Waals surface area contributed by atoms with Gasteiger partial charge in [-0.15, -0.1) is 0 Å². The molecule has 0 unspecified atom stereocenters. The van der Waals surface area contributed by atoms with Gasteiger partial charge in [-0.1, -0.05) is 43.2 Å². The number of hydrogen-bond acceptors (Lipinski definition) is 5. The van der Waals surface area contributed by atoms with E-state index < -0.39 is 0 Å². The summed E-state index contributed by atoms with van der Waals surface area (Å²) >= 11 is 0. The summed E-state index contributed by atoms with van der Waals surface area (Å²) in [7, 11) is 0.